The van der Waals surface area contributed by atoms with Gasteiger partial charge < -0.3 is 25.7 Å². The fourth-order valence-electron chi connectivity index (χ4n) is 6.33. The number of aromatic nitrogens is 1. The maximum atomic E-state index is 12.4. The van der Waals surface area contributed by atoms with Crippen molar-refractivity contribution in [2.24, 2.45) is 10.7 Å². The molecule has 5 rings (SSSR count). The Morgan fingerprint density at radius 3 is 2.42 bits per heavy atom. The Labute approximate surface area is 265 Å². The summed E-state index contributed by atoms with van der Waals surface area (Å²) in [6.07, 6.45) is 6.96. The van der Waals surface area contributed by atoms with Gasteiger partial charge >= 0.3 is 0 Å². The third-order valence-electron chi connectivity index (χ3n) is 8.97. The Bertz CT molecular complexity index is 1650. The van der Waals surface area contributed by atoms with Crippen molar-refractivity contribution in [3.05, 3.63) is 113 Å². The number of aliphatic imine (C=N–C) groups is 1. The van der Waals surface area contributed by atoms with Gasteiger partial charge in [-0.05, 0) is 89.8 Å². The fraction of sp³-hybridized carbons (Fsp3) is 0.297. The maximum Gasteiger partial charge on any atom is 0.227 e. The smallest absolute Gasteiger partial charge is 0.227 e. The van der Waals surface area contributed by atoms with E-state index in [1.54, 1.807) is 7.05 Å². The average molecular weight is 603 g/mol. The molecule has 8 nitrogen and oxygen atoms in total. The van der Waals surface area contributed by atoms with Gasteiger partial charge in [-0.3, -0.25) is 10.2 Å². The molecule has 2 heterocycles. The zero-order valence-electron chi connectivity index (χ0n) is 26.1. The van der Waals surface area contributed by atoms with Gasteiger partial charge in [0.2, 0.25) is 5.91 Å². The van der Waals surface area contributed by atoms with E-state index in [9.17, 15) is 9.59 Å². The fourth-order valence-corrected chi connectivity index (χ4v) is 6.33. The molecule has 8 heteroatoms. The molecule has 0 spiro atoms. The number of H-pyrrole nitrogens is 1. The van der Waals surface area contributed by atoms with Crippen LogP contribution >= 0.6 is 0 Å². The number of hydrogen-bond donors (Lipinski definition) is 4. The van der Waals surface area contributed by atoms with Crippen molar-refractivity contribution in [1.29, 1.82) is 5.41 Å². The predicted molar refractivity (Wildman–Crippen MR) is 182 cm³/mol. The summed E-state index contributed by atoms with van der Waals surface area (Å²) in [5.41, 5.74) is 16.2. The van der Waals surface area contributed by atoms with Gasteiger partial charge in [0.15, 0.2) is 0 Å². The van der Waals surface area contributed by atoms with Crippen LogP contribution in [-0.4, -0.2) is 49.4 Å². The monoisotopic (exact) mass is 602 g/mol. The van der Waals surface area contributed by atoms with Crippen LogP contribution in [0.15, 0.2) is 84.0 Å². The molecule has 4 aromatic rings. The molecule has 0 bridgehead atoms. The highest BCUT2D eigenvalue weighted by Gasteiger charge is 2.23. The third kappa shape index (κ3) is 7.29. The molecule has 1 aliphatic heterocycles. The van der Waals surface area contributed by atoms with Gasteiger partial charge in [0.05, 0.1) is 17.3 Å². The molecule has 1 atom stereocenters. The van der Waals surface area contributed by atoms with Crippen molar-refractivity contribution in [2.45, 2.75) is 51.0 Å². The number of aromatic amines is 1. The lowest BCUT2D eigenvalue weighted by Gasteiger charge is -2.34. The van der Waals surface area contributed by atoms with Gasteiger partial charge in [-0.25, -0.2) is 4.99 Å². The van der Waals surface area contributed by atoms with Crippen LogP contribution in [0.4, 0.5) is 5.69 Å². The van der Waals surface area contributed by atoms with Crippen LogP contribution < -0.4 is 16.0 Å². The number of benzene rings is 3. The second-order valence-corrected chi connectivity index (χ2v) is 11.6. The minimum Gasteiger partial charge on any atom is -0.371 e. The molecule has 0 aliphatic carbocycles. The summed E-state index contributed by atoms with van der Waals surface area (Å²) < 4.78 is 0. The summed E-state index contributed by atoms with van der Waals surface area (Å²) in [5.74, 6) is 0.131. The first kappa shape index (κ1) is 31.6. The first-order valence-electron chi connectivity index (χ1n) is 15.6. The topological polar surface area (TPSA) is 127 Å². The molecular formula is C37H42N6O2. The van der Waals surface area contributed by atoms with Crippen molar-refractivity contribution in [3.8, 4) is 11.1 Å². The standard InChI is InChI=1S/C37H42N6O2/c1-25-20-30(9-10-31(25)22-38)36(42-24-39)35-21-32(23-41-35)27-11-13-33(14-12-27)43-17-15-28(16-18-43)26-5-7-29(8-6-26)34(4-3-19-44)37(45)40-2/h5-14,19-21,23-24,28,34,39,41H,3-4,15-18,22,38H2,1-2H3,(H,40,45). The molecule has 1 unspecified atom stereocenters. The van der Waals surface area contributed by atoms with Crippen LogP contribution in [0.3, 0.4) is 0 Å². The highest BCUT2D eigenvalue weighted by molar-refractivity contribution is 6.14. The summed E-state index contributed by atoms with van der Waals surface area (Å²) in [6, 6.07) is 25.3. The summed E-state index contributed by atoms with van der Waals surface area (Å²) in [6.45, 7) is 4.49. The Morgan fingerprint density at radius 1 is 1.07 bits per heavy atom. The lowest BCUT2D eigenvalue weighted by Crippen LogP contribution is -2.32. The molecule has 0 saturated carbocycles. The number of nitrogens with zero attached hydrogens (tertiary/aromatic N) is 2. The number of amides is 1. The molecule has 1 fully saturated rings. The Kier molecular flexibility index (Phi) is 10.4. The van der Waals surface area contributed by atoms with Crippen molar-refractivity contribution in [2.75, 3.05) is 25.0 Å². The number of nitrogens with one attached hydrogen (secondary N) is 3. The van der Waals surface area contributed by atoms with E-state index in [0.717, 1.165) is 83.3 Å². The quantitative estimate of drug-likeness (QED) is 0.0889. The lowest BCUT2D eigenvalue weighted by molar-refractivity contribution is -0.122. The van der Waals surface area contributed by atoms with E-state index in [1.807, 2.05) is 25.3 Å². The molecule has 0 radical (unpaired) electrons. The van der Waals surface area contributed by atoms with Gasteiger partial charge in [0.25, 0.3) is 0 Å². The predicted octanol–water partition coefficient (Wildman–Crippen LogP) is 6.09. The minimum atomic E-state index is -0.299. The van der Waals surface area contributed by atoms with Gasteiger partial charge in [-0.15, -0.1) is 0 Å². The van der Waals surface area contributed by atoms with Crippen LogP contribution in [-0.2, 0) is 16.1 Å². The van der Waals surface area contributed by atoms with Gasteiger partial charge in [-0.1, -0.05) is 48.5 Å². The van der Waals surface area contributed by atoms with Crippen LogP contribution in [0.25, 0.3) is 11.1 Å². The molecule has 5 N–H and O–H groups in total. The normalized spacial score (nSPS) is 14.6. The number of carbonyl (C=O) groups excluding carboxylic acids is 2. The summed E-state index contributed by atoms with van der Waals surface area (Å²) in [7, 11) is 1.64. The van der Waals surface area contributed by atoms with E-state index >= 15 is 0 Å². The molecule has 45 heavy (non-hydrogen) atoms. The maximum absolute atomic E-state index is 12.4. The summed E-state index contributed by atoms with van der Waals surface area (Å²) in [4.78, 5) is 33.4. The van der Waals surface area contributed by atoms with E-state index in [2.05, 4.69) is 80.9 Å². The minimum absolute atomic E-state index is 0.0498. The molecular weight excluding hydrogens is 560 g/mol. The van der Waals surface area contributed by atoms with Crippen LogP contribution in [0, 0.1) is 12.3 Å². The second kappa shape index (κ2) is 14.8. The zero-order valence-corrected chi connectivity index (χ0v) is 26.1. The SMILES string of the molecule is CNC(=O)C(CCC=O)c1ccc(C2CCN(c3ccc(-c4c[nH]c(C(=NC=N)c5ccc(CN)c(C)c5)c4)cc3)CC2)cc1. The second-order valence-electron chi connectivity index (χ2n) is 11.6. The molecule has 1 aliphatic rings. The van der Waals surface area contributed by atoms with Crippen molar-refractivity contribution >= 4 is 29.9 Å². The number of likely N-dealkylation sites (N-methyl/N-ethyl adjacent to an activating group) is 1. The van der Waals surface area contributed by atoms with Crippen LogP contribution in [0.5, 0.6) is 0 Å². The van der Waals surface area contributed by atoms with E-state index in [4.69, 9.17) is 11.1 Å². The Morgan fingerprint density at radius 2 is 1.80 bits per heavy atom. The number of nitrogens with two attached hydrogens (primary N) is 1. The Hall–Kier alpha value is -4.82. The number of piperidine rings is 1. The van der Waals surface area contributed by atoms with Gasteiger partial charge in [-0.2, -0.15) is 0 Å². The Balaban J connectivity index is 1.22. The summed E-state index contributed by atoms with van der Waals surface area (Å²) in [5, 5.41) is 10.3. The largest absolute Gasteiger partial charge is 0.371 e. The van der Waals surface area contributed by atoms with Crippen molar-refractivity contribution < 1.29 is 9.59 Å². The molecule has 232 valence electrons. The van der Waals surface area contributed by atoms with Crippen LogP contribution in [0.1, 0.15) is 71.0 Å². The van der Waals surface area contributed by atoms with Gasteiger partial charge in [0, 0.05) is 50.6 Å². The number of aryl methyl sites for hydroxylation is 1. The highest BCUT2D eigenvalue weighted by atomic mass is 16.1. The van der Waals surface area contributed by atoms with E-state index in [0.29, 0.717) is 25.3 Å². The van der Waals surface area contributed by atoms with Crippen molar-refractivity contribution in [3.63, 3.8) is 0 Å². The number of aldehydes is 1. The first-order valence-corrected chi connectivity index (χ1v) is 15.6. The number of rotatable bonds is 12. The molecule has 3 aromatic carbocycles. The number of anilines is 1. The zero-order chi connectivity index (χ0) is 31.8. The van der Waals surface area contributed by atoms with Crippen LogP contribution in [0.2, 0.25) is 0 Å². The number of carbonyl (C=O) groups is 2. The van der Waals surface area contributed by atoms with E-state index in [-0.39, 0.29) is 11.8 Å². The van der Waals surface area contributed by atoms with Gasteiger partial charge in [0.1, 0.15) is 12.6 Å². The third-order valence-corrected chi connectivity index (χ3v) is 8.97. The molecule has 1 aromatic heterocycles. The number of hydrogen-bond acceptors (Lipinski definition) is 5. The van der Waals surface area contributed by atoms with E-state index < -0.39 is 0 Å². The summed E-state index contributed by atoms with van der Waals surface area (Å²) >= 11 is 0. The lowest BCUT2D eigenvalue weighted by atomic mass is 9.86. The molecule has 1 saturated heterocycles. The molecule has 1 amide bonds. The average Bonchev–Trinajstić information content (AvgIpc) is 3.57. The van der Waals surface area contributed by atoms with Crippen molar-refractivity contribution in [1.82, 2.24) is 10.3 Å². The van der Waals surface area contributed by atoms with E-state index in [1.165, 1.54) is 11.3 Å². The highest BCUT2D eigenvalue weighted by Crippen LogP contribution is 2.33. The first-order chi connectivity index (χ1) is 21.9.